The van der Waals surface area contributed by atoms with Crippen LogP contribution in [0.4, 0.5) is 11.6 Å². The second-order valence-electron chi connectivity index (χ2n) is 6.57. The van der Waals surface area contributed by atoms with Gasteiger partial charge in [0.1, 0.15) is 17.5 Å². The van der Waals surface area contributed by atoms with Crippen molar-refractivity contribution in [1.29, 1.82) is 5.26 Å². The zero-order chi connectivity index (χ0) is 15.6. The standard InChI is InChI=1S/C15H24N6/c1-10-12(20-17)18-14(15(2,3)4)19-13(10)21(9-5-8-16)11-6-7-11/h11H,5-7,9,17H2,1-4H3,(H,18,19,20). The summed E-state index contributed by atoms with van der Waals surface area (Å²) in [6.07, 6.45) is 2.81. The highest BCUT2D eigenvalue weighted by Crippen LogP contribution is 2.35. The highest BCUT2D eigenvalue weighted by molar-refractivity contribution is 5.59. The average Bonchev–Trinajstić information content (AvgIpc) is 3.24. The van der Waals surface area contributed by atoms with Gasteiger partial charge in [0.25, 0.3) is 0 Å². The third-order valence-corrected chi connectivity index (χ3v) is 3.65. The molecule has 114 valence electrons. The Balaban J connectivity index is 2.47. The molecule has 0 atom stereocenters. The highest BCUT2D eigenvalue weighted by Gasteiger charge is 2.32. The summed E-state index contributed by atoms with van der Waals surface area (Å²) >= 11 is 0. The Bertz CT molecular complexity index is 551. The van der Waals surface area contributed by atoms with E-state index in [1.54, 1.807) is 0 Å². The highest BCUT2D eigenvalue weighted by atomic mass is 15.3. The number of hydrogen-bond donors (Lipinski definition) is 2. The van der Waals surface area contributed by atoms with Gasteiger partial charge in [-0.05, 0) is 19.8 Å². The van der Waals surface area contributed by atoms with Gasteiger partial charge in [-0.3, -0.25) is 0 Å². The molecule has 0 saturated heterocycles. The number of nitriles is 1. The minimum Gasteiger partial charge on any atom is -0.352 e. The summed E-state index contributed by atoms with van der Waals surface area (Å²) in [7, 11) is 0. The fraction of sp³-hybridized carbons (Fsp3) is 0.667. The minimum atomic E-state index is -0.154. The lowest BCUT2D eigenvalue weighted by Crippen LogP contribution is -2.31. The Morgan fingerprint density at radius 1 is 1.38 bits per heavy atom. The molecule has 1 aromatic heterocycles. The van der Waals surface area contributed by atoms with Gasteiger partial charge in [-0.1, -0.05) is 20.8 Å². The first kappa shape index (κ1) is 15.5. The van der Waals surface area contributed by atoms with Gasteiger partial charge in [-0.2, -0.15) is 5.26 Å². The van der Waals surface area contributed by atoms with Gasteiger partial charge < -0.3 is 10.3 Å². The van der Waals surface area contributed by atoms with Crippen LogP contribution in [0, 0.1) is 18.3 Å². The van der Waals surface area contributed by atoms with E-state index in [0.29, 0.717) is 24.8 Å². The first-order chi connectivity index (χ1) is 9.88. The van der Waals surface area contributed by atoms with Crippen LogP contribution >= 0.6 is 0 Å². The molecule has 1 aliphatic carbocycles. The number of anilines is 2. The lowest BCUT2D eigenvalue weighted by molar-refractivity contribution is 0.543. The van der Waals surface area contributed by atoms with Crippen LogP contribution in [0.15, 0.2) is 0 Å². The van der Waals surface area contributed by atoms with E-state index in [1.165, 1.54) is 0 Å². The minimum absolute atomic E-state index is 0.154. The van der Waals surface area contributed by atoms with Gasteiger partial charge in [-0.25, -0.2) is 15.8 Å². The predicted octanol–water partition coefficient (Wildman–Crippen LogP) is 2.25. The fourth-order valence-electron chi connectivity index (χ4n) is 2.28. The van der Waals surface area contributed by atoms with Gasteiger partial charge in [0.15, 0.2) is 0 Å². The van der Waals surface area contributed by atoms with Crippen molar-refractivity contribution in [2.45, 2.75) is 58.4 Å². The Kier molecular flexibility index (Phi) is 4.33. The van der Waals surface area contributed by atoms with Crippen LogP contribution in [-0.4, -0.2) is 22.6 Å². The largest absolute Gasteiger partial charge is 0.352 e. The summed E-state index contributed by atoms with van der Waals surface area (Å²) in [6.45, 7) is 8.92. The number of hydrogen-bond acceptors (Lipinski definition) is 6. The van der Waals surface area contributed by atoms with E-state index >= 15 is 0 Å². The molecule has 1 fully saturated rings. The lowest BCUT2D eigenvalue weighted by atomic mass is 9.95. The van der Waals surface area contributed by atoms with Crippen molar-refractivity contribution in [2.24, 2.45) is 5.84 Å². The molecule has 0 spiro atoms. The molecule has 0 aliphatic heterocycles. The molecule has 0 bridgehead atoms. The Morgan fingerprint density at radius 2 is 2.05 bits per heavy atom. The van der Waals surface area contributed by atoms with E-state index in [2.05, 4.69) is 42.2 Å². The molecule has 0 unspecified atom stereocenters. The molecule has 6 nitrogen and oxygen atoms in total. The smallest absolute Gasteiger partial charge is 0.148 e. The zero-order valence-electron chi connectivity index (χ0n) is 13.3. The van der Waals surface area contributed by atoms with Gasteiger partial charge in [0.2, 0.25) is 0 Å². The number of nitrogen functional groups attached to an aromatic ring is 1. The molecule has 1 saturated carbocycles. The Morgan fingerprint density at radius 3 is 2.52 bits per heavy atom. The number of nitrogens with one attached hydrogen (secondary N) is 1. The molecular weight excluding hydrogens is 264 g/mol. The van der Waals surface area contributed by atoms with Crippen molar-refractivity contribution in [2.75, 3.05) is 16.9 Å². The molecule has 0 radical (unpaired) electrons. The summed E-state index contributed by atoms with van der Waals surface area (Å²) in [5, 5.41) is 8.88. The van der Waals surface area contributed by atoms with Crippen molar-refractivity contribution in [3.8, 4) is 6.07 Å². The maximum absolute atomic E-state index is 8.88. The summed E-state index contributed by atoms with van der Waals surface area (Å²) in [4.78, 5) is 11.5. The fourth-order valence-corrected chi connectivity index (χ4v) is 2.28. The third kappa shape index (κ3) is 3.42. The molecule has 3 N–H and O–H groups in total. The quantitative estimate of drug-likeness (QED) is 0.638. The molecule has 1 aromatic rings. The van der Waals surface area contributed by atoms with Gasteiger partial charge in [0, 0.05) is 23.6 Å². The molecule has 0 amide bonds. The van der Waals surface area contributed by atoms with Crippen LogP contribution in [0.25, 0.3) is 0 Å². The summed E-state index contributed by atoms with van der Waals surface area (Å²) in [6, 6.07) is 2.71. The second kappa shape index (κ2) is 5.86. The van der Waals surface area contributed by atoms with Crippen LogP contribution in [0.3, 0.4) is 0 Å². The molecule has 2 rings (SSSR count). The summed E-state index contributed by atoms with van der Waals surface area (Å²) < 4.78 is 0. The van der Waals surface area contributed by atoms with E-state index in [1.807, 2.05) is 6.92 Å². The van der Waals surface area contributed by atoms with Crippen molar-refractivity contribution in [3.63, 3.8) is 0 Å². The van der Waals surface area contributed by atoms with Crippen LogP contribution in [0.5, 0.6) is 0 Å². The van der Waals surface area contributed by atoms with Gasteiger partial charge >= 0.3 is 0 Å². The number of rotatable bonds is 5. The molecular formula is C15H24N6. The number of nitrogens with two attached hydrogens (primary N) is 1. The van der Waals surface area contributed by atoms with Crippen molar-refractivity contribution in [1.82, 2.24) is 9.97 Å². The number of hydrazine groups is 1. The Labute approximate surface area is 126 Å². The topological polar surface area (TPSA) is 90.9 Å². The molecule has 0 aromatic carbocycles. The molecule has 21 heavy (non-hydrogen) atoms. The first-order valence-corrected chi connectivity index (χ1v) is 7.37. The van der Waals surface area contributed by atoms with E-state index in [4.69, 9.17) is 16.1 Å². The Hall–Kier alpha value is -1.87. The van der Waals surface area contributed by atoms with Crippen LogP contribution < -0.4 is 16.2 Å². The SMILES string of the molecule is Cc1c(NN)nc(C(C)(C)C)nc1N(CCC#N)C1CC1. The second-order valence-corrected chi connectivity index (χ2v) is 6.57. The van der Waals surface area contributed by atoms with Crippen molar-refractivity contribution >= 4 is 11.6 Å². The normalized spacial score (nSPS) is 14.7. The lowest BCUT2D eigenvalue weighted by Gasteiger charge is -2.27. The van der Waals surface area contributed by atoms with Crippen LogP contribution in [0.2, 0.25) is 0 Å². The average molecular weight is 288 g/mol. The first-order valence-electron chi connectivity index (χ1n) is 7.37. The molecule has 1 heterocycles. The van der Waals surface area contributed by atoms with E-state index < -0.39 is 0 Å². The third-order valence-electron chi connectivity index (χ3n) is 3.65. The van der Waals surface area contributed by atoms with Crippen LogP contribution in [0.1, 0.15) is 51.4 Å². The maximum atomic E-state index is 8.88. The van der Waals surface area contributed by atoms with Crippen molar-refractivity contribution in [3.05, 3.63) is 11.4 Å². The van der Waals surface area contributed by atoms with Crippen LogP contribution in [-0.2, 0) is 5.41 Å². The van der Waals surface area contributed by atoms with E-state index in [0.717, 1.165) is 30.0 Å². The number of nitrogens with zero attached hydrogens (tertiary/aromatic N) is 4. The molecule has 1 aliphatic rings. The van der Waals surface area contributed by atoms with Gasteiger partial charge in [0.05, 0.1) is 12.5 Å². The molecule has 6 heteroatoms. The summed E-state index contributed by atoms with van der Waals surface area (Å²) in [5.41, 5.74) is 3.46. The van der Waals surface area contributed by atoms with E-state index in [9.17, 15) is 0 Å². The zero-order valence-corrected chi connectivity index (χ0v) is 13.3. The van der Waals surface area contributed by atoms with Gasteiger partial charge in [-0.15, -0.1) is 0 Å². The predicted molar refractivity (Wildman–Crippen MR) is 83.9 cm³/mol. The maximum Gasteiger partial charge on any atom is 0.148 e. The monoisotopic (exact) mass is 288 g/mol. The van der Waals surface area contributed by atoms with Crippen molar-refractivity contribution < 1.29 is 0 Å². The van der Waals surface area contributed by atoms with E-state index in [-0.39, 0.29) is 5.41 Å². The number of aromatic nitrogens is 2. The summed E-state index contributed by atoms with van der Waals surface area (Å²) in [5.74, 6) is 7.94.